The van der Waals surface area contributed by atoms with E-state index in [2.05, 4.69) is 50.2 Å². The van der Waals surface area contributed by atoms with Crippen molar-refractivity contribution in [2.45, 2.75) is 110 Å². The largest absolute Gasteiger partial charge is 0.198 e. The molecule has 2 fully saturated rings. The summed E-state index contributed by atoms with van der Waals surface area (Å²) in [4.78, 5) is 0. The lowest BCUT2D eigenvalue weighted by Gasteiger charge is -2.24. The van der Waals surface area contributed by atoms with Crippen LogP contribution in [0.4, 0.5) is 0 Å². The second-order valence-corrected chi connectivity index (χ2v) is 9.91. The molecule has 28 heavy (non-hydrogen) atoms. The maximum absolute atomic E-state index is 9.83. The Hall–Kier alpha value is -1.29. The van der Waals surface area contributed by atoms with Crippen LogP contribution < -0.4 is 0 Å². The first-order valence-electron chi connectivity index (χ1n) is 12.1. The van der Waals surface area contributed by atoms with Gasteiger partial charge in [-0.05, 0) is 35.7 Å². The summed E-state index contributed by atoms with van der Waals surface area (Å²) in [6, 6.07) is 13.5. The van der Waals surface area contributed by atoms with E-state index in [0.717, 1.165) is 12.8 Å². The first-order valence-corrected chi connectivity index (χ1v) is 12.1. The zero-order chi connectivity index (χ0) is 19.9. The molecule has 0 N–H and O–H groups in total. The Kier molecular flexibility index (Phi) is 7.25. The second-order valence-electron chi connectivity index (χ2n) is 9.91. The lowest BCUT2D eigenvalue weighted by atomic mass is 9.79. The summed E-state index contributed by atoms with van der Waals surface area (Å²) in [5.41, 5.74) is 1.99. The van der Waals surface area contributed by atoms with E-state index in [9.17, 15) is 5.26 Å². The number of fused-ring (bicyclic) bond motifs is 1. The second kappa shape index (κ2) is 9.47. The van der Waals surface area contributed by atoms with Gasteiger partial charge in [-0.1, -0.05) is 121 Å². The molecule has 2 aliphatic carbocycles. The minimum Gasteiger partial charge on any atom is -0.198 e. The number of benzene rings is 1. The third-order valence-corrected chi connectivity index (χ3v) is 8.24. The maximum Gasteiger partial charge on any atom is 0.0705 e. The standard InChI is InChI=1S/C27H41N/c1-3-4-5-6-7-8-9-10-11-12-13-17-20-26-22-27(26,23-28)25(26,2)21-24-18-15-14-16-19-24/h14-16,18-19H,3-13,17,20-22H2,1-2H3. The fourth-order valence-corrected chi connectivity index (χ4v) is 6.17. The van der Waals surface area contributed by atoms with E-state index < -0.39 is 0 Å². The van der Waals surface area contributed by atoms with Crippen LogP contribution in [0.1, 0.15) is 109 Å². The summed E-state index contributed by atoms with van der Waals surface area (Å²) in [5.74, 6) is 0. The molecule has 1 nitrogen and oxygen atoms in total. The summed E-state index contributed by atoms with van der Waals surface area (Å²) in [5, 5.41) is 9.83. The Labute approximate surface area is 173 Å². The van der Waals surface area contributed by atoms with Gasteiger partial charge in [-0.3, -0.25) is 0 Å². The van der Waals surface area contributed by atoms with Gasteiger partial charge < -0.3 is 0 Å². The lowest BCUT2D eigenvalue weighted by molar-refractivity contribution is 0.288. The Morgan fingerprint density at radius 3 is 1.89 bits per heavy atom. The summed E-state index contributed by atoms with van der Waals surface area (Å²) >= 11 is 0. The third kappa shape index (κ3) is 4.03. The van der Waals surface area contributed by atoms with E-state index in [1.807, 2.05) is 0 Å². The van der Waals surface area contributed by atoms with Crippen molar-refractivity contribution in [1.29, 1.82) is 5.26 Å². The molecule has 154 valence electrons. The maximum atomic E-state index is 9.83. The molecule has 1 aromatic rings. The Bertz CT molecular complexity index is 644. The van der Waals surface area contributed by atoms with Crippen molar-refractivity contribution in [2.24, 2.45) is 16.2 Å². The first kappa shape index (κ1) is 21.4. The molecule has 3 atom stereocenters. The van der Waals surface area contributed by atoms with E-state index >= 15 is 0 Å². The molecule has 1 aromatic carbocycles. The number of nitrogens with zero attached hydrogens (tertiary/aromatic N) is 1. The minimum absolute atomic E-state index is 0.00756. The molecule has 0 amide bonds. The van der Waals surface area contributed by atoms with E-state index in [1.54, 1.807) is 0 Å². The minimum atomic E-state index is 0.00756. The SMILES string of the molecule is CCCCCCCCCCCCCCC12CC1(C#N)C2(C)Cc1ccccc1. The molecule has 0 heterocycles. The van der Waals surface area contributed by atoms with Gasteiger partial charge in [0.1, 0.15) is 0 Å². The van der Waals surface area contributed by atoms with Crippen LogP contribution >= 0.6 is 0 Å². The van der Waals surface area contributed by atoms with Crippen molar-refractivity contribution in [3.05, 3.63) is 35.9 Å². The van der Waals surface area contributed by atoms with Crippen LogP contribution in [0.2, 0.25) is 0 Å². The predicted octanol–water partition coefficient (Wildman–Crippen LogP) is 8.24. The van der Waals surface area contributed by atoms with E-state index in [-0.39, 0.29) is 10.8 Å². The highest BCUT2D eigenvalue weighted by Crippen LogP contribution is 2.98. The quantitative estimate of drug-likeness (QED) is 0.281. The van der Waals surface area contributed by atoms with Crippen LogP contribution in [-0.4, -0.2) is 0 Å². The van der Waals surface area contributed by atoms with Gasteiger partial charge in [0.2, 0.25) is 0 Å². The summed E-state index contributed by atoms with van der Waals surface area (Å²) in [6.45, 7) is 4.67. The molecule has 0 saturated heterocycles. The van der Waals surface area contributed by atoms with E-state index in [1.165, 1.54) is 89.0 Å². The highest BCUT2D eigenvalue weighted by atomic mass is 15.0. The van der Waals surface area contributed by atoms with Gasteiger partial charge in [-0.2, -0.15) is 5.26 Å². The van der Waals surface area contributed by atoms with Crippen LogP contribution in [0, 0.1) is 27.6 Å². The summed E-state index contributed by atoms with van der Waals surface area (Å²) in [6.07, 6.45) is 20.4. The van der Waals surface area contributed by atoms with Gasteiger partial charge in [-0.25, -0.2) is 0 Å². The normalized spacial score (nSPS) is 29.9. The van der Waals surface area contributed by atoms with Gasteiger partial charge in [0.15, 0.2) is 0 Å². The van der Waals surface area contributed by atoms with E-state index in [4.69, 9.17) is 0 Å². The van der Waals surface area contributed by atoms with Gasteiger partial charge in [0.05, 0.1) is 11.5 Å². The highest BCUT2D eigenvalue weighted by Gasteiger charge is 2.97. The van der Waals surface area contributed by atoms with Crippen LogP contribution in [0.15, 0.2) is 30.3 Å². The molecule has 2 aliphatic rings. The van der Waals surface area contributed by atoms with Gasteiger partial charge in [0.25, 0.3) is 0 Å². The molecule has 1 heteroatoms. The van der Waals surface area contributed by atoms with Crippen molar-refractivity contribution in [2.75, 3.05) is 0 Å². The van der Waals surface area contributed by atoms with E-state index in [0.29, 0.717) is 5.41 Å². The van der Waals surface area contributed by atoms with Crippen molar-refractivity contribution in [3.63, 3.8) is 0 Å². The molecule has 2 saturated carbocycles. The van der Waals surface area contributed by atoms with Crippen molar-refractivity contribution in [1.82, 2.24) is 0 Å². The molecular weight excluding hydrogens is 338 g/mol. The average molecular weight is 380 g/mol. The monoisotopic (exact) mass is 379 g/mol. The Morgan fingerprint density at radius 1 is 0.821 bits per heavy atom. The highest BCUT2D eigenvalue weighted by molar-refractivity contribution is 5.51. The van der Waals surface area contributed by atoms with Gasteiger partial charge in [-0.15, -0.1) is 0 Å². The molecule has 3 rings (SSSR count). The zero-order valence-electron chi connectivity index (χ0n) is 18.4. The van der Waals surface area contributed by atoms with Crippen LogP contribution in [0.25, 0.3) is 0 Å². The Balaban J connectivity index is 1.27. The topological polar surface area (TPSA) is 23.8 Å². The smallest absolute Gasteiger partial charge is 0.0705 e. The molecule has 0 spiro atoms. The number of unbranched alkanes of at least 4 members (excludes halogenated alkanes) is 11. The zero-order valence-corrected chi connectivity index (χ0v) is 18.4. The Morgan fingerprint density at radius 2 is 1.36 bits per heavy atom. The first-order chi connectivity index (χ1) is 13.7. The van der Waals surface area contributed by atoms with Crippen molar-refractivity contribution < 1.29 is 0 Å². The summed E-state index contributed by atoms with van der Waals surface area (Å²) in [7, 11) is 0. The van der Waals surface area contributed by atoms with Crippen LogP contribution in [0.5, 0.6) is 0 Å². The fraction of sp³-hybridized carbons (Fsp3) is 0.741. The molecule has 0 aliphatic heterocycles. The van der Waals surface area contributed by atoms with Gasteiger partial charge in [0, 0.05) is 0 Å². The number of nitriles is 1. The predicted molar refractivity (Wildman–Crippen MR) is 119 cm³/mol. The third-order valence-electron chi connectivity index (χ3n) is 8.24. The number of hydrogen-bond acceptors (Lipinski definition) is 1. The average Bonchev–Trinajstić information content (AvgIpc) is 3.53. The van der Waals surface area contributed by atoms with Crippen molar-refractivity contribution >= 4 is 0 Å². The summed E-state index contributed by atoms with van der Waals surface area (Å²) < 4.78 is 0. The molecule has 0 bridgehead atoms. The molecule has 0 radical (unpaired) electrons. The molecule has 0 aromatic heterocycles. The van der Waals surface area contributed by atoms with Gasteiger partial charge >= 0.3 is 0 Å². The number of hydrogen-bond donors (Lipinski definition) is 0. The lowest BCUT2D eigenvalue weighted by Crippen LogP contribution is -2.19. The van der Waals surface area contributed by atoms with Crippen LogP contribution in [-0.2, 0) is 6.42 Å². The number of rotatable bonds is 15. The van der Waals surface area contributed by atoms with Crippen LogP contribution in [0.3, 0.4) is 0 Å². The fourth-order valence-electron chi connectivity index (χ4n) is 6.17. The molecular formula is C27H41N. The van der Waals surface area contributed by atoms with Crippen molar-refractivity contribution in [3.8, 4) is 6.07 Å². The molecule has 3 unspecified atom stereocenters.